The zero-order valence-corrected chi connectivity index (χ0v) is 15.8. The first-order valence-electron chi connectivity index (χ1n) is 5.51. The molecule has 0 atom stereocenters. The van der Waals surface area contributed by atoms with E-state index in [-0.39, 0.29) is 23.9 Å². The number of aromatic hydroxyl groups is 2. The van der Waals surface area contributed by atoms with Crippen molar-refractivity contribution in [2.75, 3.05) is 0 Å². The van der Waals surface area contributed by atoms with Crippen LogP contribution in [0, 0.1) is 0 Å². The summed E-state index contributed by atoms with van der Waals surface area (Å²) in [6, 6.07) is 9.99. The second-order valence-electron chi connectivity index (χ2n) is 3.84. The van der Waals surface area contributed by atoms with Gasteiger partial charge in [0, 0.05) is 0 Å². The SMILES string of the molecule is O=S(=O)([O-])c1ccccc1O.O=S(=O)([O-])c1ccccc1O.[Sn+2]. The van der Waals surface area contributed by atoms with Crippen molar-refractivity contribution in [1.82, 2.24) is 0 Å². The van der Waals surface area contributed by atoms with Gasteiger partial charge in [-0.15, -0.1) is 0 Å². The summed E-state index contributed by atoms with van der Waals surface area (Å²) in [5.74, 6) is -1.02. The predicted octanol–water partition coefficient (Wildman–Crippen LogP) is 0.212. The Morgan fingerprint density at radius 3 is 1.09 bits per heavy atom. The average molecular weight is 465 g/mol. The molecule has 2 radical (unpaired) electrons. The Balaban J connectivity index is 0.000000403. The van der Waals surface area contributed by atoms with Crippen LogP contribution in [0.1, 0.15) is 0 Å². The molecule has 2 aromatic carbocycles. The van der Waals surface area contributed by atoms with Crippen molar-refractivity contribution >= 4 is 44.1 Å². The molecule has 11 heteroatoms. The topological polar surface area (TPSA) is 155 Å². The zero-order valence-electron chi connectivity index (χ0n) is 11.3. The number of hydrogen-bond donors (Lipinski definition) is 2. The number of phenols is 2. The molecule has 23 heavy (non-hydrogen) atoms. The van der Waals surface area contributed by atoms with Crippen LogP contribution in [-0.4, -0.2) is 60.1 Å². The maximum Gasteiger partial charge on any atom is 2.00 e. The Bertz CT molecular complexity index is 789. The molecule has 8 nitrogen and oxygen atoms in total. The average Bonchev–Trinajstić information content (AvgIpc) is 2.37. The van der Waals surface area contributed by atoms with Crippen molar-refractivity contribution in [3.05, 3.63) is 48.5 Å². The van der Waals surface area contributed by atoms with E-state index in [1.807, 2.05) is 0 Å². The van der Waals surface area contributed by atoms with Crippen LogP contribution in [0.3, 0.4) is 0 Å². The third-order valence-corrected chi connectivity index (χ3v) is 4.04. The number of hydrogen-bond acceptors (Lipinski definition) is 8. The molecular formula is C12H10O8S2Sn. The molecule has 0 fully saturated rings. The number of phenolic OH excluding ortho intramolecular Hbond substituents is 2. The molecule has 122 valence electrons. The van der Waals surface area contributed by atoms with Gasteiger partial charge in [0.1, 0.15) is 31.7 Å². The van der Waals surface area contributed by atoms with E-state index in [1.165, 1.54) is 24.3 Å². The fourth-order valence-corrected chi connectivity index (χ4v) is 2.48. The second-order valence-corrected chi connectivity index (χ2v) is 6.54. The van der Waals surface area contributed by atoms with Gasteiger partial charge < -0.3 is 19.3 Å². The summed E-state index contributed by atoms with van der Waals surface area (Å²) in [6.45, 7) is 0. The molecule has 2 aromatic rings. The minimum absolute atomic E-state index is 0. The van der Waals surface area contributed by atoms with E-state index in [2.05, 4.69) is 0 Å². The van der Waals surface area contributed by atoms with Gasteiger partial charge in [-0.3, -0.25) is 0 Å². The van der Waals surface area contributed by atoms with Gasteiger partial charge in [0.2, 0.25) is 0 Å². The monoisotopic (exact) mass is 466 g/mol. The van der Waals surface area contributed by atoms with Gasteiger partial charge in [0.05, 0.1) is 9.79 Å². The first-order chi connectivity index (χ1) is 10.0. The van der Waals surface area contributed by atoms with Crippen molar-refractivity contribution in [1.29, 1.82) is 0 Å². The molecule has 2 N–H and O–H groups in total. The second kappa shape index (κ2) is 8.49. The number of rotatable bonds is 2. The fourth-order valence-electron chi connectivity index (χ4n) is 1.34. The summed E-state index contributed by atoms with van der Waals surface area (Å²) < 4.78 is 62.0. The molecule has 0 aliphatic carbocycles. The smallest absolute Gasteiger partial charge is 0.744 e. The molecule has 0 saturated carbocycles. The van der Waals surface area contributed by atoms with Crippen LogP contribution in [0.5, 0.6) is 11.5 Å². The number of benzene rings is 2. The quantitative estimate of drug-likeness (QED) is 0.472. The van der Waals surface area contributed by atoms with Gasteiger partial charge in [0.15, 0.2) is 0 Å². The molecular weight excluding hydrogens is 455 g/mol. The normalized spacial score (nSPS) is 10.9. The number of para-hydroxylation sites is 2. The summed E-state index contributed by atoms with van der Waals surface area (Å²) in [4.78, 5) is -1.17. The molecule has 0 unspecified atom stereocenters. The molecule has 0 aliphatic heterocycles. The van der Waals surface area contributed by atoms with E-state index in [9.17, 15) is 25.9 Å². The summed E-state index contributed by atoms with van der Waals surface area (Å²) >= 11 is 0. The molecule has 0 amide bonds. The van der Waals surface area contributed by atoms with E-state index in [4.69, 9.17) is 10.2 Å². The van der Waals surface area contributed by atoms with Crippen molar-refractivity contribution in [2.24, 2.45) is 0 Å². The first-order valence-corrected chi connectivity index (χ1v) is 8.33. The first kappa shape index (κ1) is 21.7. The van der Waals surface area contributed by atoms with Gasteiger partial charge in [-0.25, -0.2) is 16.8 Å². The third kappa shape index (κ3) is 6.74. The van der Waals surface area contributed by atoms with Crippen molar-refractivity contribution in [3.8, 4) is 11.5 Å². The summed E-state index contributed by atoms with van der Waals surface area (Å²) in [7, 11) is -9.07. The predicted molar refractivity (Wildman–Crippen MR) is 77.9 cm³/mol. The van der Waals surface area contributed by atoms with E-state index in [0.717, 1.165) is 24.3 Å². The maximum atomic E-state index is 10.3. The Morgan fingerprint density at radius 1 is 0.652 bits per heavy atom. The van der Waals surface area contributed by atoms with Crippen molar-refractivity contribution < 1.29 is 36.2 Å². The summed E-state index contributed by atoms with van der Waals surface area (Å²) in [5.41, 5.74) is 0. The largest absolute Gasteiger partial charge is 2.00 e. The fraction of sp³-hybridized carbons (Fsp3) is 0. The van der Waals surface area contributed by atoms with E-state index >= 15 is 0 Å². The van der Waals surface area contributed by atoms with Gasteiger partial charge in [-0.2, -0.15) is 0 Å². The van der Waals surface area contributed by atoms with Crippen LogP contribution < -0.4 is 0 Å². The molecule has 0 spiro atoms. The Labute approximate surface area is 149 Å². The summed E-state index contributed by atoms with van der Waals surface area (Å²) in [6.07, 6.45) is 0. The molecule has 0 saturated heterocycles. The van der Waals surface area contributed by atoms with Gasteiger partial charge in [-0.1, -0.05) is 24.3 Å². The van der Waals surface area contributed by atoms with E-state index in [1.54, 1.807) is 0 Å². The van der Waals surface area contributed by atoms with Crippen LogP contribution in [0.4, 0.5) is 0 Å². The maximum absolute atomic E-state index is 10.3. The van der Waals surface area contributed by atoms with Gasteiger partial charge >= 0.3 is 23.9 Å². The summed E-state index contributed by atoms with van der Waals surface area (Å²) in [5, 5.41) is 17.7. The third-order valence-electron chi connectivity index (χ3n) is 2.27. The van der Waals surface area contributed by atoms with Gasteiger partial charge in [-0.05, 0) is 24.3 Å². The Morgan fingerprint density at radius 2 is 0.913 bits per heavy atom. The van der Waals surface area contributed by atoms with Crippen LogP contribution in [0.15, 0.2) is 58.3 Å². The molecule has 0 aromatic heterocycles. The van der Waals surface area contributed by atoms with Crippen molar-refractivity contribution in [2.45, 2.75) is 9.79 Å². The zero-order chi connectivity index (χ0) is 17.0. The Kier molecular flexibility index (Phi) is 8.00. The minimum Gasteiger partial charge on any atom is -0.744 e. The Hall–Kier alpha value is -1.34. The van der Waals surface area contributed by atoms with E-state index in [0.29, 0.717) is 0 Å². The van der Waals surface area contributed by atoms with Crippen LogP contribution in [-0.2, 0) is 20.2 Å². The molecule has 0 aliphatic rings. The minimum atomic E-state index is -4.53. The van der Waals surface area contributed by atoms with E-state index < -0.39 is 41.5 Å². The van der Waals surface area contributed by atoms with Gasteiger partial charge in [0.25, 0.3) is 0 Å². The van der Waals surface area contributed by atoms with Crippen LogP contribution in [0.2, 0.25) is 0 Å². The standard InChI is InChI=1S/2C6H6O4S.Sn/c2*7-5-3-1-2-4-6(5)11(8,9)10;/h2*1-4,7H,(H,8,9,10);/q;;+2/p-2. The molecule has 0 heterocycles. The van der Waals surface area contributed by atoms with Crippen LogP contribution in [0.25, 0.3) is 0 Å². The molecule has 0 bridgehead atoms. The molecule has 2 rings (SSSR count). The van der Waals surface area contributed by atoms with Crippen LogP contribution >= 0.6 is 0 Å². The van der Waals surface area contributed by atoms with Crippen molar-refractivity contribution in [3.63, 3.8) is 0 Å².